The van der Waals surface area contributed by atoms with E-state index in [2.05, 4.69) is 21.6 Å². The highest BCUT2D eigenvalue weighted by atomic mass is 16.5. The van der Waals surface area contributed by atoms with Gasteiger partial charge in [0.1, 0.15) is 0 Å². The molecular weight excluding hydrogens is 306 g/mol. The molecule has 2 rings (SSSR count). The van der Waals surface area contributed by atoms with Crippen LogP contribution < -0.4 is 10.6 Å². The molecule has 1 saturated heterocycles. The van der Waals surface area contributed by atoms with Crippen molar-refractivity contribution < 1.29 is 14.3 Å². The summed E-state index contributed by atoms with van der Waals surface area (Å²) in [6.45, 7) is 9.12. The van der Waals surface area contributed by atoms with Crippen molar-refractivity contribution in [2.75, 3.05) is 46.0 Å². The monoisotopic (exact) mass is 335 g/mol. The number of rotatable bonds is 9. The molecule has 24 heavy (non-hydrogen) atoms. The summed E-state index contributed by atoms with van der Waals surface area (Å²) in [5.74, 6) is 0. The third kappa shape index (κ3) is 7.29. The molecule has 2 amide bonds. The molecule has 0 aromatic heterocycles. The van der Waals surface area contributed by atoms with Gasteiger partial charge in [-0.2, -0.15) is 0 Å². The van der Waals surface area contributed by atoms with Gasteiger partial charge in [0, 0.05) is 32.8 Å². The van der Waals surface area contributed by atoms with Gasteiger partial charge in [-0.25, -0.2) is 4.79 Å². The van der Waals surface area contributed by atoms with Gasteiger partial charge in [-0.3, -0.25) is 4.90 Å². The van der Waals surface area contributed by atoms with Crippen molar-refractivity contribution in [3.05, 3.63) is 35.4 Å². The number of nitrogens with zero attached hydrogens (tertiary/aromatic N) is 1. The van der Waals surface area contributed by atoms with Crippen LogP contribution in [0.2, 0.25) is 0 Å². The van der Waals surface area contributed by atoms with E-state index in [0.717, 1.165) is 50.4 Å². The van der Waals surface area contributed by atoms with Gasteiger partial charge in [0.05, 0.1) is 19.8 Å². The highest BCUT2D eigenvalue weighted by Gasteiger charge is 2.09. The van der Waals surface area contributed by atoms with E-state index in [1.807, 2.05) is 25.1 Å². The van der Waals surface area contributed by atoms with Crippen molar-refractivity contribution in [2.24, 2.45) is 0 Å². The Hall–Kier alpha value is -1.63. The van der Waals surface area contributed by atoms with Crippen LogP contribution in [0.5, 0.6) is 0 Å². The maximum atomic E-state index is 11.8. The summed E-state index contributed by atoms with van der Waals surface area (Å²) in [6, 6.07) is 7.98. The van der Waals surface area contributed by atoms with Gasteiger partial charge < -0.3 is 20.1 Å². The molecular formula is C18H29N3O3. The quantitative estimate of drug-likeness (QED) is 0.675. The van der Waals surface area contributed by atoms with Gasteiger partial charge in [0.15, 0.2) is 0 Å². The molecule has 1 aliphatic rings. The Morgan fingerprint density at radius 3 is 2.83 bits per heavy atom. The van der Waals surface area contributed by atoms with E-state index >= 15 is 0 Å². The highest BCUT2D eigenvalue weighted by molar-refractivity contribution is 5.73. The second-order valence-electron chi connectivity index (χ2n) is 5.87. The number of urea groups is 1. The lowest BCUT2D eigenvalue weighted by Crippen LogP contribution is -2.39. The number of hydrogen-bond acceptors (Lipinski definition) is 4. The van der Waals surface area contributed by atoms with E-state index in [1.165, 1.54) is 0 Å². The molecule has 0 atom stereocenters. The molecule has 0 bridgehead atoms. The Morgan fingerprint density at radius 1 is 1.25 bits per heavy atom. The summed E-state index contributed by atoms with van der Waals surface area (Å²) >= 11 is 0. The first-order chi connectivity index (χ1) is 11.8. The molecule has 1 fully saturated rings. The van der Waals surface area contributed by atoms with Crippen LogP contribution in [-0.4, -0.2) is 56.9 Å². The van der Waals surface area contributed by atoms with Gasteiger partial charge in [0.2, 0.25) is 0 Å². The lowest BCUT2D eigenvalue weighted by Gasteiger charge is -2.26. The molecule has 0 radical (unpaired) electrons. The lowest BCUT2D eigenvalue weighted by molar-refractivity contribution is 0.0375. The zero-order valence-corrected chi connectivity index (χ0v) is 14.6. The van der Waals surface area contributed by atoms with Gasteiger partial charge >= 0.3 is 6.03 Å². The van der Waals surface area contributed by atoms with Crippen LogP contribution in [0.15, 0.2) is 24.3 Å². The molecule has 1 aliphatic heterocycles. The number of nitrogens with one attached hydrogen (secondary N) is 2. The van der Waals surface area contributed by atoms with Crippen molar-refractivity contribution >= 4 is 6.03 Å². The minimum absolute atomic E-state index is 0.118. The van der Waals surface area contributed by atoms with Gasteiger partial charge in [-0.05, 0) is 31.0 Å². The van der Waals surface area contributed by atoms with Crippen molar-refractivity contribution in [2.45, 2.75) is 26.5 Å². The topological polar surface area (TPSA) is 62.8 Å². The molecule has 1 aromatic rings. The van der Waals surface area contributed by atoms with Gasteiger partial charge in [0.25, 0.3) is 0 Å². The van der Waals surface area contributed by atoms with Crippen LogP contribution in [0.1, 0.15) is 24.5 Å². The molecule has 0 saturated carbocycles. The normalized spacial score (nSPS) is 15.2. The second kappa shape index (κ2) is 11.0. The molecule has 0 unspecified atom stereocenters. The largest absolute Gasteiger partial charge is 0.379 e. The fraction of sp³-hybridized carbons (Fsp3) is 0.611. The van der Waals surface area contributed by atoms with E-state index in [-0.39, 0.29) is 6.03 Å². The SMILES string of the molecule is CCOCc1cccc(CNC(=O)NCCCN2CCOCC2)c1. The van der Waals surface area contributed by atoms with E-state index < -0.39 is 0 Å². The Labute approximate surface area is 144 Å². The molecule has 1 aromatic carbocycles. The third-order valence-corrected chi connectivity index (χ3v) is 3.96. The molecule has 6 nitrogen and oxygen atoms in total. The van der Waals surface area contributed by atoms with Crippen molar-refractivity contribution in [3.8, 4) is 0 Å². The second-order valence-corrected chi connectivity index (χ2v) is 5.87. The number of hydrogen-bond donors (Lipinski definition) is 2. The molecule has 6 heteroatoms. The highest BCUT2D eigenvalue weighted by Crippen LogP contribution is 2.06. The van der Waals surface area contributed by atoms with Crippen LogP contribution in [0, 0.1) is 0 Å². The first-order valence-corrected chi connectivity index (χ1v) is 8.75. The van der Waals surface area contributed by atoms with Gasteiger partial charge in [-0.1, -0.05) is 24.3 Å². The number of benzene rings is 1. The molecule has 2 N–H and O–H groups in total. The number of amides is 2. The minimum Gasteiger partial charge on any atom is -0.379 e. The summed E-state index contributed by atoms with van der Waals surface area (Å²) in [4.78, 5) is 14.2. The van der Waals surface area contributed by atoms with Crippen molar-refractivity contribution in [1.82, 2.24) is 15.5 Å². The summed E-state index contributed by atoms with van der Waals surface area (Å²) in [5.41, 5.74) is 2.21. The Kier molecular flexibility index (Phi) is 8.59. The van der Waals surface area contributed by atoms with E-state index in [9.17, 15) is 4.79 Å². The number of morpholine rings is 1. The fourth-order valence-electron chi connectivity index (χ4n) is 2.62. The number of ether oxygens (including phenoxy) is 2. The van der Waals surface area contributed by atoms with Gasteiger partial charge in [-0.15, -0.1) is 0 Å². The average Bonchev–Trinajstić information content (AvgIpc) is 2.63. The number of carbonyl (C=O) groups excluding carboxylic acids is 1. The Balaban J connectivity index is 1.58. The Morgan fingerprint density at radius 2 is 2.04 bits per heavy atom. The van der Waals surface area contributed by atoms with Crippen molar-refractivity contribution in [3.63, 3.8) is 0 Å². The van der Waals surface area contributed by atoms with E-state index in [1.54, 1.807) is 0 Å². The predicted octanol–water partition coefficient (Wildman–Crippen LogP) is 1.74. The van der Waals surface area contributed by atoms with Crippen LogP contribution >= 0.6 is 0 Å². The van der Waals surface area contributed by atoms with Crippen LogP contribution in [0.4, 0.5) is 4.79 Å². The summed E-state index contributed by atoms with van der Waals surface area (Å²) in [5, 5.41) is 5.80. The molecule has 134 valence electrons. The maximum Gasteiger partial charge on any atom is 0.315 e. The lowest BCUT2D eigenvalue weighted by atomic mass is 10.1. The standard InChI is InChI=1S/C18H29N3O3/c1-2-23-15-17-6-3-5-16(13-17)14-20-18(22)19-7-4-8-21-9-11-24-12-10-21/h3,5-6,13H,2,4,7-12,14-15H2,1H3,(H2,19,20,22). The van der Waals surface area contributed by atoms with Crippen LogP contribution in [0.3, 0.4) is 0 Å². The first-order valence-electron chi connectivity index (χ1n) is 8.75. The molecule has 0 spiro atoms. The first kappa shape index (κ1) is 18.7. The third-order valence-electron chi connectivity index (χ3n) is 3.96. The average molecular weight is 335 g/mol. The smallest absolute Gasteiger partial charge is 0.315 e. The van der Waals surface area contributed by atoms with Crippen LogP contribution in [-0.2, 0) is 22.6 Å². The summed E-state index contributed by atoms with van der Waals surface area (Å²) in [6.07, 6.45) is 0.956. The zero-order valence-electron chi connectivity index (χ0n) is 14.6. The van der Waals surface area contributed by atoms with Crippen LogP contribution in [0.25, 0.3) is 0 Å². The number of carbonyl (C=O) groups is 1. The minimum atomic E-state index is -0.118. The summed E-state index contributed by atoms with van der Waals surface area (Å²) < 4.78 is 10.7. The van der Waals surface area contributed by atoms with E-state index in [0.29, 0.717) is 26.3 Å². The zero-order chi connectivity index (χ0) is 17.0. The molecule has 0 aliphatic carbocycles. The predicted molar refractivity (Wildman–Crippen MR) is 93.9 cm³/mol. The summed E-state index contributed by atoms with van der Waals surface area (Å²) in [7, 11) is 0. The fourth-order valence-corrected chi connectivity index (χ4v) is 2.62. The van der Waals surface area contributed by atoms with Crippen molar-refractivity contribution in [1.29, 1.82) is 0 Å². The van der Waals surface area contributed by atoms with E-state index in [4.69, 9.17) is 9.47 Å². The molecule has 1 heterocycles. The maximum absolute atomic E-state index is 11.8. The Bertz CT molecular complexity index is 490.